The van der Waals surface area contributed by atoms with Gasteiger partial charge in [-0.3, -0.25) is 4.79 Å². The normalized spacial score (nSPS) is 11.9. The largest absolute Gasteiger partial charge is 0.462 e. The van der Waals surface area contributed by atoms with Crippen LogP contribution in [0.3, 0.4) is 0 Å². The van der Waals surface area contributed by atoms with Gasteiger partial charge < -0.3 is 10.1 Å². The Morgan fingerprint density at radius 1 is 1.00 bits per heavy atom. The van der Waals surface area contributed by atoms with Gasteiger partial charge in [0, 0.05) is 0 Å². The van der Waals surface area contributed by atoms with Crippen molar-refractivity contribution < 1.29 is 14.3 Å². The summed E-state index contributed by atoms with van der Waals surface area (Å²) in [6.45, 7) is 8.28. The quantitative estimate of drug-likeness (QED) is 0.727. The minimum absolute atomic E-state index is 0.154. The van der Waals surface area contributed by atoms with Crippen LogP contribution in [0.15, 0.2) is 48.5 Å². The lowest BCUT2D eigenvalue weighted by Crippen LogP contribution is -2.21. The molecular formula is C22H27NO3. The Morgan fingerprint density at radius 3 is 2.27 bits per heavy atom. The first kappa shape index (κ1) is 19.7. The third-order valence-electron chi connectivity index (χ3n) is 4.20. The molecule has 0 spiro atoms. The smallest absolute Gasteiger partial charge is 0.340 e. The Morgan fingerprint density at radius 2 is 1.65 bits per heavy atom. The van der Waals surface area contributed by atoms with Crippen molar-refractivity contribution in [2.75, 3.05) is 11.9 Å². The molecule has 2 rings (SSSR count). The number of esters is 1. The van der Waals surface area contributed by atoms with Gasteiger partial charge in [0.1, 0.15) is 0 Å². The summed E-state index contributed by atoms with van der Waals surface area (Å²) in [7, 11) is 0. The number of benzene rings is 2. The molecule has 138 valence electrons. The molecule has 0 saturated heterocycles. The number of hydrogen-bond donors (Lipinski definition) is 1. The molecule has 0 fully saturated rings. The van der Waals surface area contributed by atoms with Crippen molar-refractivity contribution in [2.45, 2.75) is 40.0 Å². The molecule has 0 bridgehead atoms. The van der Waals surface area contributed by atoms with Crippen LogP contribution in [0.4, 0.5) is 5.69 Å². The average molecular weight is 353 g/mol. The summed E-state index contributed by atoms with van der Waals surface area (Å²) in [6, 6.07) is 15.0. The van der Waals surface area contributed by atoms with Gasteiger partial charge in [0.15, 0.2) is 0 Å². The third kappa shape index (κ3) is 5.19. The van der Waals surface area contributed by atoms with E-state index in [1.165, 1.54) is 5.56 Å². The van der Waals surface area contributed by atoms with E-state index in [1.807, 2.05) is 19.1 Å². The van der Waals surface area contributed by atoms with Gasteiger partial charge in [-0.1, -0.05) is 50.2 Å². The topological polar surface area (TPSA) is 55.4 Å². The van der Waals surface area contributed by atoms with Crippen LogP contribution in [0.5, 0.6) is 0 Å². The van der Waals surface area contributed by atoms with Crippen molar-refractivity contribution in [3.63, 3.8) is 0 Å². The van der Waals surface area contributed by atoms with Gasteiger partial charge in [-0.05, 0) is 49.4 Å². The molecule has 0 aliphatic carbocycles. The van der Waals surface area contributed by atoms with Crippen molar-refractivity contribution in [2.24, 2.45) is 5.92 Å². The third-order valence-corrected chi connectivity index (χ3v) is 4.20. The van der Waals surface area contributed by atoms with E-state index < -0.39 is 5.97 Å². The Kier molecular flexibility index (Phi) is 6.96. The number of carbonyl (C=O) groups is 2. The van der Waals surface area contributed by atoms with Crippen LogP contribution < -0.4 is 5.32 Å². The van der Waals surface area contributed by atoms with Crippen LogP contribution in [0.1, 0.15) is 55.1 Å². The zero-order valence-electron chi connectivity index (χ0n) is 15.9. The number of carbonyl (C=O) groups excluding carboxylic acids is 2. The lowest BCUT2D eigenvalue weighted by molar-refractivity contribution is -0.117. The number of amides is 1. The first-order valence-electron chi connectivity index (χ1n) is 9.08. The number of nitrogens with one attached hydrogen (secondary N) is 1. The molecule has 4 nitrogen and oxygen atoms in total. The predicted molar refractivity (Wildman–Crippen MR) is 104 cm³/mol. The lowest BCUT2D eigenvalue weighted by Gasteiger charge is -2.15. The average Bonchev–Trinajstić information content (AvgIpc) is 2.62. The van der Waals surface area contributed by atoms with Crippen LogP contribution in [0.2, 0.25) is 0 Å². The van der Waals surface area contributed by atoms with Crippen LogP contribution in [0, 0.1) is 5.92 Å². The number of ether oxygens (including phenoxy) is 1. The van der Waals surface area contributed by atoms with Crippen molar-refractivity contribution >= 4 is 17.6 Å². The Labute approximate surface area is 155 Å². The first-order chi connectivity index (χ1) is 12.4. The van der Waals surface area contributed by atoms with E-state index in [0.717, 1.165) is 12.0 Å². The van der Waals surface area contributed by atoms with E-state index in [9.17, 15) is 9.59 Å². The standard InChI is InChI=1S/C22H27NO3/c1-5-26-22(25)19-8-6-7-9-20(19)23-21(24)16(4)18-12-10-17(11-13-18)14-15(2)3/h6-13,15-16H,5,14H2,1-4H3,(H,23,24). The second-order valence-corrected chi connectivity index (χ2v) is 6.82. The summed E-state index contributed by atoms with van der Waals surface area (Å²) < 4.78 is 5.05. The highest BCUT2D eigenvalue weighted by molar-refractivity contribution is 6.03. The Balaban J connectivity index is 2.11. The summed E-state index contributed by atoms with van der Waals surface area (Å²) in [5.74, 6) is -0.313. The van der Waals surface area contributed by atoms with Gasteiger partial charge in [-0.2, -0.15) is 0 Å². The second kappa shape index (κ2) is 9.18. The maximum atomic E-state index is 12.6. The van der Waals surface area contributed by atoms with Gasteiger partial charge in [-0.15, -0.1) is 0 Å². The highest BCUT2D eigenvalue weighted by Gasteiger charge is 2.19. The molecule has 1 atom stereocenters. The second-order valence-electron chi connectivity index (χ2n) is 6.82. The first-order valence-corrected chi connectivity index (χ1v) is 9.08. The molecular weight excluding hydrogens is 326 g/mol. The van der Waals surface area contributed by atoms with E-state index >= 15 is 0 Å². The summed E-state index contributed by atoms with van der Waals surface area (Å²) >= 11 is 0. The molecule has 1 amide bonds. The Hall–Kier alpha value is -2.62. The highest BCUT2D eigenvalue weighted by Crippen LogP contribution is 2.22. The molecule has 2 aromatic rings. The SMILES string of the molecule is CCOC(=O)c1ccccc1NC(=O)C(C)c1ccc(CC(C)C)cc1. The molecule has 0 aliphatic heterocycles. The number of rotatable bonds is 7. The summed E-state index contributed by atoms with van der Waals surface area (Å²) in [4.78, 5) is 24.7. The fraction of sp³-hybridized carbons (Fsp3) is 0.364. The summed E-state index contributed by atoms with van der Waals surface area (Å²) in [6.07, 6.45) is 1.02. The van der Waals surface area contributed by atoms with Crippen molar-refractivity contribution in [1.82, 2.24) is 0 Å². The van der Waals surface area contributed by atoms with Crippen molar-refractivity contribution in [3.05, 3.63) is 65.2 Å². The molecule has 1 N–H and O–H groups in total. The maximum Gasteiger partial charge on any atom is 0.340 e. The molecule has 1 unspecified atom stereocenters. The van der Waals surface area contributed by atoms with E-state index in [0.29, 0.717) is 23.8 Å². The van der Waals surface area contributed by atoms with Crippen LogP contribution >= 0.6 is 0 Å². The summed E-state index contributed by atoms with van der Waals surface area (Å²) in [5.41, 5.74) is 3.05. The van der Waals surface area contributed by atoms with Crippen LogP contribution in [-0.2, 0) is 16.0 Å². The number of para-hydroxylation sites is 1. The molecule has 0 aromatic heterocycles. The molecule has 0 saturated carbocycles. The minimum Gasteiger partial charge on any atom is -0.462 e. The monoisotopic (exact) mass is 353 g/mol. The van der Waals surface area contributed by atoms with Crippen molar-refractivity contribution in [3.8, 4) is 0 Å². The minimum atomic E-state index is -0.436. The zero-order valence-corrected chi connectivity index (χ0v) is 15.9. The molecule has 2 aromatic carbocycles. The maximum absolute atomic E-state index is 12.6. The molecule has 0 aliphatic rings. The van der Waals surface area contributed by atoms with E-state index in [2.05, 4.69) is 31.3 Å². The van der Waals surface area contributed by atoms with Crippen molar-refractivity contribution in [1.29, 1.82) is 0 Å². The zero-order chi connectivity index (χ0) is 19.1. The Bertz CT molecular complexity index is 750. The number of anilines is 1. The highest BCUT2D eigenvalue weighted by atomic mass is 16.5. The lowest BCUT2D eigenvalue weighted by atomic mass is 9.96. The van der Waals surface area contributed by atoms with Gasteiger partial charge in [0.05, 0.1) is 23.8 Å². The van der Waals surface area contributed by atoms with E-state index in [1.54, 1.807) is 31.2 Å². The fourth-order valence-corrected chi connectivity index (χ4v) is 2.79. The predicted octanol–water partition coefficient (Wildman–Crippen LogP) is 4.80. The van der Waals surface area contributed by atoms with Crippen LogP contribution in [-0.4, -0.2) is 18.5 Å². The number of hydrogen-bond acceptors (Lipinski definition) is 3. The van der Waals surface area contributed by atoms with Gasteiger partial charge >= 0.3 is 5.97 Å². The molecule has 0 heterocycles. The van der Waals surface area contributed by atoms with Gasteiger partial charge in [-0.25, -0.2) is 4.79 Å². The van der Waals surface area contributed by atoms with E-state index in [4.69, 9.17) is 4.74 Å². The van der Waals surface area contributed by atoms with Gasteiger partial charge in [0.25, 0.3) is 0 Å². The van der Waals surface area contributed by atoms with Crippen LogP contribution in [0.25, 0.3) is 0 Å². The molecule has 4 heteroatoms. The van der Waals surface area contributed by atoms with E-state index in [-0.39, 0.29) is 11.8 Å². The molecule has 0 radical (unpaired) electrons. The summed E-state index contributed by atoms with van der Waals surface area (Å²) in [5, 5.41) is 2.86. The fourth-order valence-electron chi connectivity index (χ4n) is 2.79. The molecule has 26 heavy (non-hydrogen) atoms. The van der Waals surface area contributed by atoms with Gasteiger partial charge in [0.2, 0.25) is 5.91 Å².